The summed E-state index contributed by atoms with van der Waals surface area (Å²) in [6, 6.07) is 7.35. The van der Waals surface area contributed by atoms with E-state index in [0.717, 1.165) is 12.0 Å². The Labute approximate surface area is 163 Å². The molecule has 1 N–H and O–H groups in total. The summed E-state index contributed by atoms with van der Waals surface area (Å²) in [6.45, 7) is 6.62. The van der Waals surface area contributed by atoms with E-state index in [2.05, 4.69) is 18.6 Å². The van der Waals surface area contributed by atoms with Crippen LogP contribution < -0.4 is 9.46 Å². The van der Waals surface area contributed by atoms with E-state index in [1.807, 2.05) is 24.3 Å². The van der Waals surface area contributed by atoms with Crippen LogP contribution in [0.25, 0.3) is 0 Å². The molecule has 1 saturated heterocycles. The topological polar surface area (TPSA) is 92.8 Å². The maximum Gasteiger partial charge on any atom is 0.211 e. The Morgan fingerprint density at radius 1 is 1.19 bits per heavy atom. The third kappa shape index (κ3) is 6.44. The highest BCUT2D eigenvalue weighted by Crippen LogP contribution is 2.23. The van der Waals surface area contributed by atoms with Crippen LogP contribution >= 0.6 is 0 Å². The summed E-state index contributed by atoms with van der Waals surface area (Å²) in [5.74, 6) is 1.01. The third-order valence-electron chi connectivity index (χ3n) is 4.91. The van der Waals surface area contributed by atoms with E-state index < -0.39 is 26.1 Å². The lowest BCUT2D eigenvalue weighted by Crippen LogP contribution is -2.55. The molecule has 154 valence electrons. The summed E-state index contributed by atoms with van der Waals surface area (Å²) < 4.78 is 57.6. The monoisotopic (exact) mass is 418 g/mol. The smallest absolute Gasteiger partial charge is 0.211 e. The minimum absolute atomic E-state index is 0.0490. The van der Waals surface area contributed by atoms with Crippen LogP contribution in [0.3, 0.4) is 0 Å². The number of hydrogen-bond acceptors (Lipinski definition) is 5. The van der Waals surface area contributed by atoms with Crippen LogP contribution in [0.5, 0.6) is 5.75 Å². The minimum Gasteiger partial charge on any atom is -0.493 e. The summed E-state index contributed by atoms with van der Waals surface area (Å²) in [5.41, 5.74) is 1.22. The van der Waals surface area contributed by atoms with Crippen LogP contribution in [0.2, 0.25) is 0 Å². The van der Waals surface area contributed by atoms with E-state index in [0.29, 0.717) is 25.5 Å². The van der Waals surface area contributed by atoms with Crippen molar-refractivity contribution in [3.8, 4) is 5.75 Å². The molecule has 0 aromatic heterocycles. The van der Waals surface area contributed by atoms with Gasteiger partial charge in [0, 0.05) is 25.0 Å². The first kappa shape index (κ1) is 22.1. The fourth-order valence-electron chi connectivity index (χ4n) is 3.07. The second-order valence-electron chi connectivity index (χ2n) is 7.33. The van der Waals surface area contributed by atoms with Crippen molar-refractivity contribution in [3.63, 3.8) is 0 Å². The Kier molecular flexibility index (Phi) is 7.29. The lowest BCUT2D eigenvalue weighted by atomic mass is 9.94. The van der Waals surface area contributed by atoms with Crippen LogP contribution in [0, 0.1) is 5.92 Å². The van der Waals surface area contributed by atoms with Crippen molar-refractivity contribution in [3.05, 3.63) is 29.8 Å². The fourth-order valence-corrected chi connectivity index (χ4v) is 4.83. The van der Waals surface area contributed by atoms with E-state index >= 15 is 0 Å². The van der Waals surface area contributed by atoms with Crippen LogP contribution in [-0.2, 0) is 20.0 Å². The average Bonchev–Trinajstić information content (AvgIpc) is 2.60. The second-order valence-corrected chi connectivity index (χ2v) is 11.4. The molecule has 27 heavy (non-hydrogen) atoms. The van der Waals surface area contributed by atoms with Crippen molar-refractivity contribution >= 4 is 20.0 Å². The molecule has 1 aliphatic heterocycles. The summed E-state index contributed by atoms with van der Waals surface area (Å²) in [5, 5.41) is 0. The summed E-state index contributed by atoms with van der Waals surface area (Å²) in [7, 11) is -6.81. The molecule has 0 saturated carbocycles. The molecule has 2 rings (SSSR count). The second kappa shape index (κ2) is 8.89. The van der Waals surface area contributed by atoms with Gasteiger partial charge in [0.15, 0.2) is 0 Å². The largest absolute Gasteiger partial charge is 0.493 e. The summed E-state index contributed by atoms with van der Waals surface area (Å²) in [4.78, 5) is 0. The highest BCUT2D eigenvalue weighted by atomic mass is 32.2. The Morgan fingerprint density at radius 2 is 1.81 bits per heavy atom. The van der Waals surface area contributed by atoms with Crippen LogP contribution in [0.4, 0.5) is 0 Å². The van der Waals surface area contributed by atoms with E-state index in [-0.39, 0.29) is 18.2 Å². The molecule has 0 aliphatic carbocycles. The van der Waals surface area contributed by atoms with Gasteiger partial charge in [0.25, 0.3) is 0 Å². The number of hydrogen-bond donors (Lipinski definition) is 1. The predicted molar refractivity (Wildman–Crippen MR) is 107 cm³/mol. The zero-order chi connectivity index (χ0) is 20.2. The number of sulfonamides is 2. The first-order chi connectivity index (χ1) is 12.5. The van der Waals surface area contributed by atoms with Crippen molar-refractivity contribution in [2.45, 2.75) is 39.2 Å². The quantitative estimate of drug-likeness (QED) is 0.695. The van der Waals surface area contributed by atoms with Gasteiger partial charge in [0.2, 0.25) is 20.0 Å². The maximum atomic E-state index is 12.0. The molecule has 1 heterocycles. The van der Waals surface area contributed by atoms with Crippen LogP contribution in [-0.4, -0.2) is 58.9 Å². The molecule has 0 amide bonds. The van der Waals surface area contributed by atoms with Gasteiger partial charge < -0.3 is 4.74 Å². The highest BCUT2D eigenvalue weighted by Gasteiger charge is 2.35. The molecule has 1 aromatic carbocycles. The number of nitrogens with zero attached hydrogens (tertiary/aromatic N) is 1. The maximum absolute atomic E-state index is 12.0. The highest BCUT2D eigenvalue weighted by molar-refractivity contribution is 7.89. The van der Waals surface area contributed by atoms with Crippen molar-refractivity contribution in [2.75, 3.05) is 31.7 Å². The zero-order valence-corrected chi connectivity index (χ0v) is 18.0. The van der Waals surface area contributed by atoms with Gasteiger partial charge in [-0.3, -0.25) is 0 Å². The molecule has 0 bridgehead atoms. The third-order valence-corrected chi connectivity index (χ3v) is 7.60. The first-order valence-electron chi connectivity index (χ1n) is 9.19. The Morgan fingerprint density at radius 3 is 2.33 bits per heavy atom. The molecule has 1 fully saturated rings. The minimum atomic E-state index is -3.45. The van der Waals surface area contributed by atoms with Crippen molar-refractivity contribution in [1.29, 1.82) is 0 Å². The van der Waals surface area contributed by atoms with Crippen LogP contribution in [0.15, 0.2) is 24.3 Å². The molecular formula is C18H30N2O5S2. The van der Waals surface area contributed by atoms with Gasteiger partial charge in [0.1, 0.15) is 5.75 Å². The number of rotatable bonds is 8. The van der Waals surface area contributed by atoms with E-state index in [9.17, 15) is 16.8 Å². The summed E-state index contributed by atoms with van der Waals surface area (Å²) >= 11 is 0. The van der Waals surface area contributed by atoms with E-state index in [4.69, 9.17) is 4.74 Å². The fraction of sp³-hybridized carbons (Fsp3) is 0.667. The Bertz CT molecular complexity index is 820. The van der Waals surface area contributed by atoms with E-state index in [1.165, 1.54) is 9.87 Å². The SMILES string of the molecule is CCS(=O)(=O)N[C@@H]1CN(S(C)(=O)=O)CC[C@H]1COc1ccc(C(C)C)cc1. The van der Waals surface area contributed by atoms with Gasteiger partial charge >= 0.3 is 0 Å². The molecule has 0 unspecified atom stereocenters. The molecule has 1 aliphatic rings. The van der Waals surface area contributed by atoms with Gasteiger partial charge in [-0.15, -0.1) is 0 Å². The van der Waals surface area contributed by atoms with Crippen LogP contribution in [0.1, 0.15) is 38.7 Å². The van der Waals surface area contributed by atoms with E-state index in [1.54, 1.807) is 6.92 Å². The predicted octanol–water partition coefficient (Wildman–Crippen LogP) is 1.78. The Balaban J connectivity index is 2.08. The molecule has 7 nitrogen and oxygen atoms in total. The lowest BCUT2D eigenvalue weighted by Gasteiger charge is -2.37. The van der Waals surface area contributed by atoms with Gasteiger partial charge in [0.05, 0.1) is 18.6 Å². The molecule has 2 atom stereocenters. The molecule has 0 spiro atoms. The Hall–Kier alpha value is -1.16. The molecule has 0 radical (unpaired) electrons. The average molecular weight is 419 g/mol. The molecular weight excluding hydrogens is 388 g/mol. The molecule has 1 aromatic rings. The first-order valence-corrected chi connectivity index (χ1v) is 12.7. The van der Waals surface area contributed by atoms with Gasteiger partial charge in [-0.2, -0.15) is 0 Å². The molecule has 9 heteroatoms. The van der Waals surface area contributed by atoms with Crippen molar-refractivity contribution in [1.82, 2.24) is 9.03 Å². The standard InChI is InChI=1S/C18H30N2O5S2/c1-5-27(23,24)19-18-12-20(26(4,21)22)11-10-16(18)13-25-17-8-6-15(7-9-17)14(2)3/h6-9,14,16,18-19H,5,10-13H2,1-4H3/t16-,18+/m0/s1. The number of nitrogens with one attached hydrogen (secondary N) is 1. The normalized spacial score (nSPS) is 22.1. The van der Waals surface area contributed by atoms with Crippen molar-refractivity contribution in [2.24, 2.45) is 5.92 Å². The number of benzene rings is 1. The lowest BCUT2D eigenvalue weighted by molar-refractivity contribution is 0.156. The zero-order valence-electron chi connectivity index (χ0n) is 16.4. The van der Waals surface area contributed by atoms with Gasteiger partial charge in [-0.25, -0.2) is 25.9 Å². The summed E-state index contributed by atoms with van der Waals surface area (Å²) in [6.07, 6.45) is 1.68. The number of piperidine rings is 1. The van der Waals surface area contributed by atoms with Gasteiger partial charge in [-0.1, -0.05) is 26.0 Å². The van der Waals surface area contributed by atoms with Gasteiger partial charge in [-0.05, 0) is 37.0 Å². The van der Waals surface area contributed by atoms with Crippen molar-refractivity contribution < 1.29 is 21.6 Å². The number of ether oxygens (including phenoxy) is 1.